The van der Waals surface area contributed by atoms with Crippen molar-refractivity contribution in [3.8, 4) is 17.3 Å². The number of aromatic nitrogens is 3. The van der Waals surface area contributed by atoms with Crippen molar-refractivity contribution < 1.29 is 9.53 Å². The SMILES string of the molecule is COc1ncc(-c2nccn2C)cc1[C@@]1(C)C(=O)Nc2cc(Cl)ccc21. The number of benzene rings is 1. The molecule has 3 heterocycles. The highest BCUT2D eigenvalue weighted by Gasteiger charge is 2.46. The van der Waals surface area contributed by atoms with E-state index in [-0.39, 0.29) is 5.91 Å². The van der Waals surface area contributed by atoms with Crippen LogP contribution in [0.2, 0.25) is 5.02 Å². The quantitative estimate of drug-likeness (QED) is 0.769. The van der Waals surface area contributed by atoms with Crippen LogP contribution in [-0.2, 0) is 17.3 Å². The number of rotatable bonds is 3. The number of carbonyl (C=O) groups excluding carboxylic acids is 1. The van der Waals surface area contributed by atoms with Gasteiger partial charge in [0.1, 0.15) is 11.2 Å². The van der Waals surface area contributed by atoms with Crippen LogP contribution >= 0.6 is 11.6 Å². The molecule has 3 aromatic rings. The standard InChI is InChI=1S/C19H17ClN4O2/c1-19(13-5-4-12(20)9-15(13)23-18(19)25)14-8-11(10-22-17(14)26-3)16-21-6-7-24(16)2/h4-10H,1-3H3,(H,23,25)/t19-/m0/s1. The van der Waals surface area contributed by atoms with Crippen LogP contribution in [0.15, 0.2) is 42.9 Å². The van der Waals surface area contributed by atoms with Crippen molar-refractivity contribution in [3.63, 3.8) is 0 Å². The number of anilines is 1. The largest absolute Gasteiger partial charge is 0.481 e. The molecule has 1 aliphatic rings. The van der Waals surface area contributed by atoms with Crippen molar-refractivity contribution in [1.82, 2.24) is 14.5 Å². The van der Waals surface area contributed by atoms with Crippen molar-refractivity contribution in [3.05, 3.63) is 59.0 Å². The first-order valence-corrected chi connectivity index (χ1v) is 8.46. The van der Waals surface area contributed by atoms with Crippen molar-refractivity contribution in [2.45, 2.75) is 12.3 Å². The second-order valence-electron chi connectivity index (χ2n) is 6.41. The Labute approximate surface area is 155 Å². The second-order valence-corrected chi connectivity index (χ2v) is 6.85. The molecule has 1 atom stereocenters. The minimum Gasteiger partial charge on any atom is -0.481 e. The Morgan fingerprint density at radius 1 is 1.23 bits per heavy atom. The summed E-state index contributed by atoms with van der Waals surface area (Å²) in [4.78, 5) is 21.7. The number of ether oxygens (including phenoxy) is 1. The van der Waals surface area contributed by atoms with Gasteiger partial charge in [-0.25, -0.2) is 9.97 Å². The maximum atomic E-state index is 12.9. The summed E-state index contributed by atoms with van der Waals surface area (Å²) in [5, 5.41) is 3.49. The van der Waals surface area contributed by atoms with Gasteiger partial charge in [0.05, 0.1) is 7.11 Å². The van der Waals surface area contributed by atoms with E-state index in [0.717, 1.165) is 17.0 Å². The first-order chi connectivity index (χ1) is 12.4. The summed E-state index contributed by atoms with van der Waals surface area (Å²) in [5.74, 6) is 1.02. The minimum atomic E-state index is -0.945. The third-order valence-corrected chi connectivity index (χ3v) is 5.12. The Balaban J connectivity index is 1.95. The van der Waals surface area contributed by atoms with Crippen LogP contribution in [0.3, 0.4) is 0 Å². The summed E-state index contributed by atoms with van der Waals surface area (Å²) in [5.41, 5.74) is 2.08. The Morgan fingerprint density at radius 3 is 2.73 bits per heavy atom. The van der Waals surface area contributed by atoms with Gasteiger partial charge in [0.15, 0.2) is 0 Å². The average molecular weight is 369 g/mol. The molecule has 0 saturated carbocycles. The van der Waals surface area contributed by atoms with Crippen LogP contribution in [0.1, 0.15) is 18.1 Å². The number of nitrogens with zero attached hydrogens (tertiary/aromatic N) is 3. The zero-order chi connectivity index (χ0) is 18.5. The minimum absolute atomic E-state index is 0.146. The number of hydrogen-bond acceptors (Lipinski definition) is 4. The van der Waals surface area contributed by atoms with Gasteiger partial charge in [-0.05, 0) is 30.7 Å². The highest BCUT2D eigenvalue weighted by atomic mass is 35.5. The topological polar surface area (TPSA) is 69.0 Å². The summed E-state index contributed by atoms with van der Waals surface area (Å²) < 4.78 is 7.37. The number of aryl methyl sites for hydroxylation is 1. The van der Waals surface area contributed by atoms with Gasteiger partial charge >= 0.3 is 0 Å². The van der Waals surface area contributed by atoms with Crippen LogP contribution in [0.25, 0.3) is 11.4 Å². The summed E-state index contributed by atoms with van der Waals surface area (Å²) >= 11 is 6.08. The van der Waals surface area contributed by atoms with Gasteiger partial charge in [-0.3, -0.25) is 4.79 Å². The smallest absolute Gasteiger partial charge is 0.239 e. The molecular formula is C19H17ClN4O2. The fourth-order valence-corrected chi connectivity index (χ4v) is 3.60. The van der Waals surface area contributed by atoms with Gasteiger partial charge in [0, 0.05) is 47.5 Å². The molecule has 0 radical (unpaired) electrons. The number of methoxy groups -OCH3 is 1. The van der Waals surface area contributed by atoms with Crippen LogP contribution in [-0.4, -0.2) is 27.6 Å². The summed E-state index contributed by atoms with van der Waals surface area (Å²) in [6, 6.07) is 7.31. The molecule has 2 aromatic heterocycles. The van der Waals surface area contributed by atoms with E-state index in [9.17, 15) is 4.79 Å². The molecule has 1 aliphatic heterocycles. The third-order valence-electron chi connectivity index (χ3n) is 4.89. The molecule has 0 unspecified atom stereocenters. The average Bonchev–Trinajstić information content (AvgIpc) is 3.16. The highest BCUT2D eigenvalue weighted by Crippen LogP contribution is 2.46. The zero-order valence-electron chi connectivity index (χ0n) is 14.6. The van der Waals surface area contributed by atoms with Gasteiger partial charge in [-0.2, -0.15) is 0 Å². The molecule has 0 aliphatic carbocycles. The van der Waals surface area contributed by atoms with Crippen molar-refractivity contribution in [2.75, 3.05) is 12.4 Å². The van der Waals surface area contributed by atoms with Crippen molar-refractivity contribution in [2.24, 2.45) is 7.05 Å². The molecule has 0 fully saturated rings. The number of amides is 1. The number of halogens is 1. The number of hydrogen-bond donors (Lipinski definition) is 1. The van der Waals surface area contributed by atoms with Crippen molar-refractivity contribution in [1.29, 1.82) is 0 Å². The molecule has 4 rings (SSSR count). The lowest BCUT2D eigenvalue weighted by Crippen LogP contribution is -2.33. The predicted molar refractivity (Wildman–Crippen MR) is 99.5 cm³/mol. The van der Waals surface area contributed by atoms with Gasteiger partial charge in [-0.15, -0.1) is 0 Å². The van der Waals surface area contributed by atoms with E-state index in [2.05, 4.69) is 15.3 Å². The molecule has 0 bridgehead atoms. The van der Waals surface area contributed by atoms with Crippen molar-refractivity contribution >= 4 is 23.2 Å². The normalized spacial score (nSPS) is 18.5. The van der Waals surface area contributed by atoms with Gasteiger partial charge < -0.3 is 14.6 Å². The summed E-state index contributed by atoms with van der Waals surface area (Å²) in [6.07, 6.45) is 5.28. The molecule has 1 aromatic carbocycles. The highest BCUT2D eigenvalue weighted by molar-refractivity contribution is 6.31. The van der Waals surface area contributed by atoms with E-state index in [0.29, 0.717) is 22.2 Å². The van der Waals surface area contributed by atoms with Gasteiger partial charge in [0.2, 0.25) is 11.8 Å². The van der Waals surface area contributed by atoms with Crippen LogP contribution in [0.5, 0.6) is 5.88 Å². The Hall–Kier alpha value is -2.86. The lowest BCUT2D eigenvalue weighted by Gasteiger charge is -2.25. The molecule has 26 heavy (non-hydrogen) atoms. The second kappa shape index (κ2) is 5.85. The van der Waals surface area contributed by atoms with E-state index >= 15 is 0 Å². The van der Waals surface area contributed by atoms with Gasteiger partial charge in [0.25, 0.3) is 0 Å². The molecular weight excluding hydrogens is 352 g/mol. The van der Waals surface area contributed by atoms with E-state index < -0.39 is 5.41 Å². The molecule has 0 spiro atoms. The molecule has 0 saturated heterocycles. The maximum Gasteiger partial charge on any atom is 0.239 e. The fraction of sp³-hybridized carbons (Fsp3) is 0.211. The first kappa shape index (κ1) is 16.6. The molecule has 6 nitrogen and oxygen atoms in total. The fourth-order valence-electron chi connectivity index (χ4n) is 3.43. The van der Waals surface area contributed by atoms with Crippen LogP contribution < -0.4 is 10.1 Å². The lowest BCUT2D eigenvalue weighted by molar-refractivity contribution is -0.119. The third kappa shape index (κ3) is 2.29. The Bertz CT molecular complexity index is 1030. The van der Waals surface area contributed by atoms with E-state index in [1.807, 2.05) is 36.9 Å². The van der Waals surface area contributed by atoms with E-state index in [1.165, 1.54) is 0 Å². The molecule has 1 amide bonds. The van der Waals surface area contributed by atoms with Crippen LogP contribution in [0, 0.1) is 0 Å². The zero-order valence-corrected chi connectivity index (χ0v) is 15.3. The Kier molecular flexibility index (Phi) is 3.73. The summed E-state index contributed by atoms with van der Waals surface area (Å²) in [6.45, 7) is 1.86. The van der Waals surface area contributed by atoms with Gasteiger partial charge in [-0.1, -0.05) is 17.7 Å². The number of imidazole rings is 1. The number of carbonyl (C=O) groups is 1. The molecule has 7 heteroatoms. The number of nitrogens with one attached hydrogen (secondary N) is 1. The first-order valence-electron chi connectivity index (χ1n) is 8.09. The van der Waals surface area contributed by atoms with Crippen LogP contribution in [0.4, 0.5) is 5.69 Å². The number of fused-ring (bicyclic) bond motifs is 1. The Morgan fingerprint density at radius 2 is 2.04 bits per heavy atom. The predicted octanol–water partition coefficient (Wildman–Crippen LogP) is 3.40. The lowest BCUT2D eigenvalue weighted by atomic mass is 9.77. The molecule has 132 valence electrons. The van der Waals surface area contributed by atoms with E-state index in [1.54, 1.807) is 31.6 Å². The molecule has 1 N–H and O–H groups in total. The van der Waals surface area contributed by atoms with E-state index in [4.69, 9.17) is 16.3 Å². The maximum absolute atomic E-state index is 12.9. The monoisotopic (exact) mass is 368 g/mol. The number of pyridine rings is 1. The summed E-state index contributed by atoms with van der Waals surface area (Å²) in [7, 11) is 3.46.